The summed E-state index contributed by atoms with van der Waals surface area (Å²) >= 11 is 0. The van der Waals surface area contributed by atoms with Crippen LogP contribution in [0.3, 0.4) is 0 Å². The van der Waals surface area contributed by atoms with E-state index in [-0.39, 0.29) is 0 Å². The number of carbonyl (C=O) groups excluding carboxylic acids is 1. The number of phenols is 1. The Labute approximate surface area is 99.9 Å². The predicted octanol–water partition coefficient (Wildman–Crippen LogP) is 2.20. The third-order valence-corrected chi connectivity index (χ3v) is 2.18. The largest absolute Gasteiger partial charge is 0.502 e. The fraction of sp³-hybridized carbons (Fsp3) is 0.300. The number of aromatic hydroxyl groups is 1. The van der Waals surface area contributed by atoms with E-state index in [9.17, 15) is 28.8 Å². The highest BCUT2D eigenvalue weighted by molar-refractivity contribution is 5.91. The van der Waals surface area contributed by atoms with E-state index in [0.717, 1.165) is 7.11 Å². The van der Waals surface area contributed by atoms with Gasteiger partial charge in [0.25, 0.3) is 5.92 Å². The topological polar surface area (TPSA) is 89.7 Å². The number of phenolic OH excluding ortho intramolecular Hbond substituents is 1. The molecule has 8 heteroatoms. The number of methoxy groups -OCH3 is 1. The maximum absolute atomic E-state index is 13.2. The second-order valence-corrected chi connectivity index (χ2v) is 3.53. The van der Waals surface area contributed by atoms with Crippen molar-refractivity contribution in [1.82, 2.24) is 0 Å². The third kappa shape index (κ3) is 2.53. The van der Waals surface area contributed by atoms with Crippen molar-refractivity contribution in [2.75, 3.05) is 7.11 Å². The molecule has 0 spiro atoms. The third-order valence-electron chi connectivity index (χ3n) is 2.18. The number of rotatable bonds is 3. The molecule has 0 unspecified atom stereocenters. The van der Waals surface area contributed by atoms with Gasteiger partial charge < -0.3 is 9.84 Å². The zero-order valence-electron chi connectivity index (χ0n) is 9.44. The SMILES string of the molecule is COC(=O)c1cc([N+](=O)[O-])c(O)c(C(C)(F)F)c1. The van der Waals surface area contributed by atoms with Gasteiger partial charge in [-0.3, -0.25) is 10.1 Å². The lowest BCUT2D eigenvalue weighted by Gasteiger charge is -2.13. The van der Waals surface area contributed by atoms with Crippen LogP contribution in [0.5, 0.6) is 5.75 Å². The Hall–Kier alpha value is -2.25. The summed E-state index contributed by atoms with van der Waals surface area (Å²) < 4.78 is 30.6. The van der Waals surface area contributed by atoms with Crippen LogP contribution < -0.4 is 0 Å². The number of esters is 1. The van der Waals surface area contributed by atoms with E-state index < -0.39 is 39.4 Å². The number of carbonyl (C=O) groups is 1. The van der Waals surface area contributed by atoms with Crippen LogP contribution in [0.1, 0.15) is 22.8 Å². The summed E-state index contributed by atoms with van der Waals surface area (Å²) in [7, 11) is 1.00. The first-order chi connectivity index (χ1) is 8.18. The Morgan fingerprint density at radius 3 is 2.44 bits per heavy atom. The van der Waals surface area contributed by atoms with Crippen LogP contribution in [-0.4, -0.2) is 23.1 Å². The number of alkyl halides is 2. The fourth-order valence-corrected chi connectivity index (χ4v) is 1.33. The van der Waals surface area contributed by atoms with Crippen LogP contribution in [0.2, 0.25) is 0 Å². The number of nitro benzene ring substituents is 1. The molecule has 0 amide bonds. The predicted molar refractivity (Wildman–Crippen MR) is 55.7 cm³/mol. The van der Waals surface area contributed by atoms with Crippen molar-refractivity contribution in [2.45, 2.75) is 12.8 Å². The summed E-state index contributed by atoms with van der Waals surface area (Å²) in [5, 5.41) is 20.0. The van der Waals surface area contributed by atoms with E-state index in [0.29, 0.717) is 19.1 Å². The number of hydrogen-bond acceptors (Lipinski definition) is 5. The zero-order chi connectivity index (χ0) is 14.1. The maximum Gasteiger partial charge on any atom is 0.338 e. The van der Waals surface area contributed by atoms with Crippen LogP contribution in [0, 0.1) is 10.1 Å². The van der Waals surface area contributed by atoms with Gasteiger partial charge >= 0.3 is 11.7 Å². The molecule has 0 aromatic heterocycles. The molecule has 0 aliphatic rings. The van der Waals surface area contributed by atoms with Crippen LogP contribution in [-0.2, 0) is 10.7 Å². The smallest absolute Gasteiger partial charge is 0.338 e. The minimum atomic E-state index is -3.53. The van der Waals surface area contributed by atoms with Gasteiger partial charge in [-0.15, -0.1) is 0 Å². The second-order valence-electron chi connectivity index (χ2n) is 3.53. The average Bonchev–Trinajstić information content (AvgIpc) is 2.26. The molecule has 1 aromatic rings. The summed E-state index contributed by atoms with van der Waals surface area (Å²) in [5.74, 6) is -5.71. The standard InChI is InChI=1S/C10H9F2NO5/c1-10(11,12)6-3-5(9(15)18-2)4-7(8(6)14)13(16)17/h3-4,14H,1-2H3. The summed E-state index contributed by atoms with van der Waals surface area (Å²) in [4.78, 5) is 20.8. The van der Waals surface area contributed by atoms with E-state index in [1.165, 1.54) is 0 Å². The fourth-order valence-electron chi connectivity index (χ4n) is 1.33. The highest BCUT2D eigenvalue weighted by atomic mass is 19.3. The molecule has 0 heterocycles. The number of ether oxygens (including phenoxy) is 1. The molecule has 0 aliphatic heterocycles. The summed E-state index contributed by atoms with van der Waals surface area (Å²) in [6, 6.07) is 1.34. The second kappa shape index (κ2) is 4.55. The lowest BCUT2D eigenvalue weighted by molar-refractivity contribution is -0.386. The number of halogens is 2. The van der Waals surface area contributed by atoms with Crippen molar-refractivity contribution < 1.29 is 28.3 Å². The molecule has 0 aliphatic carbocycles. The van der Waals surface area contributed by atoms with E-state index in [2.05, 4.69) is 4.74 Å². The highest BCUT2D eigenvalue weighted by Gasteiger charge is 2.34. The van der Waals surface area contributed by atoms with Crippen molar-refractivity contribution in [3.05, 3.63) is 33.4 Å². The van der Waals surface area contributed by atoms with Gasteiger partial charge in [0.2, 0.25) is 5.75 Å². The Kier molecular flexibility index (Phi) is 3.49. The molecule has 0 fully saturated rings. The molecule has 1 aromatic carbocycles. The van der Waals surface area contributed by atoms with E-state index in [4.69, 9.17) is 0 Å². The summed E-state index contributed by atoms with van der Waals surface area (Å²) in [6.07, 6.45) is 0. The maximum atomic E-state index is 13.2. The molecule has 0 atom stereocenters. The van der Waals surface area contributed by atoms with Crippen LogP contribution in [0.15, 0.2) is 12.1 Å². The van der Waals surface area contributed by atoms with E-state index >= 15 is 0 Å². The summed E-state index contributed by atoms with van der Waals surface area (Å²) in [5.41, 5.74) is -2.41. The van der Waals surface area contributed by atoms with Crippen molar-refractivity contribution in [3.63, 3.8) is 0 Å². The van der Waals surface area contributed by atoms with E-state index in [1.807, 2.05) is 0 Å². The lowest BCUT2D eigenvalue weighted by atomic mass is 10.0. The van der Waals surface area contributed by atoms with Gasteiger partial charge in [-0.2, -0.15) is 0 Å². The number of nitro groups is 1. The number of hydrogen-bond donors (Lipinski definition) is 1. The first-order valence-electron chi connectivity index (χ1n) is 4.66. The Morgan fingerprint density at radius 1 is 1.50 bits per heavy atom. The van der Waals surface area contributed by atoms with Gasteiger partial charge in [0.05, 0.1) is 23.2 Å². The average molecular weight is 261 g/mol. The molecule has 0 saturated carbocycles. The normalized spacial score (nSPS) is 11.1. The zero-order valence-corrected chi connectivity index (χ0v) is 9.44. The lowest BCUT2D eigenvalue weighted by Crippen LogP contribution is -2.11. The van der Waals surface area contributed by atoms with E-state index in [1.54, 1.807) is 0 Å². The van der Waals surface area contributed by atoms with Gasteiger partial charge in [0.15, 0.2) is 0 Å². The van der Waals surface area contributed by atoms with Crippen molar-refractivity contribution in [1.29, 1.82) is 0 Å². The van der Waals surface area contributed by atoms with Gasteiger partial charge in [-0.05, 0) is 6.07 Å². The Morgan fingerprint density at radius 2 is 2.06 bits per heavy atom. The molecule has 98 valence electrons. The minimum absolute atomic E-state index is 0.432. The van der Waals surface area contributed by atoms with Crippen LogP contribution >= 0.6 is 0 Å². The molecule has 0 radical (unpaired) electrons. The van der Waals surface area contributed by atoms with Gasteiger partial charge in [-0.25, -0.2) is 13.6 Å². The number of nitrogens with zero attached hydrogens (tertiary/aromatic N) is 1. The van der Waals surface area contributed by atoms with Crippen molar-refractivity contribution in [3.8, 4) is 5.75 Å². The monoisotopic (exact) mass is 261 g/mol. The Bertz CT molecular complexity index is 510. The van der Waals surface area contributed by atoms with Crippen molar-refractivity contribution in [2.24, 2.45) is 0 Å². The molecule has 1 N–H and O–H groups in total. The minimum Gasteiger partial charge on any atom is -0.502 e. The molecule has 18 heavy (non-hydrogen) atoms. The van der Waals surface area contributed by atoms with Gasteiger partial charge in [0, 0.05) is 13.0 Å². The molecule has 6 nitrogen and oxygen atoms in total. The van der Waals surface area contributed by atoms with Crippen molar-refractivity contribution >= 4 is 11.7 Å². The van der Waals surface area contributed by atoms with Gasteiger partial charge in [-0.1, -0.05) is 0 Å². The summed E-state index contributed by atoms with van der Waals surface area (Å²) in [6.45, 7) is 0.451. The molecular weight excluding hydrogens is 252 g/mol. The Balaban J connectivity index is 3.57. The first-order valence-corrected chi connectivity index (χ1v) is 4.66. The van der Waals surface area contributed by atoms with Crippen LogP contribution in [0.4, 0.5) is 14.5 Å². The molecule has 0 saturated heterocycles. The highest BCUT2D eigenvalue weighted by Crippen LogP contribution is 2.40. The molecular formula is C10H9F2NO5. The quantitative estimate of drug-likeness (QED) is 0.511. The number of benzene rings is 1. The molecule has 1 rings (SSSR count). The van der Waals surface area contributed by atoms with Crippen LogP contribution in [0.25, 0.3) is 0 Å². The first kappa shape index (κ1) is 13.8. The molecule has 0 bridgehead atoms. The van der Waals surface area contributed by atoms with Gasteiger partial charge in [0.1, 0.15) is 0 Å².